The van der Waals surface area contributed by atoms with Crippen LogP contribution in [0.4, 0.5) is 0 Å². The second-order valence-corrected chi connectivity index (χ2v) is 5.05. The van der Waals surface area contributed by atoms with Gasteiger partial charge in [-0.25, -0.2) is 4.79 Å². The standard InChI is InChI=1S/C16H16N2O4/c1-3-4-7-18-14(19)12-6-5-11(8-13(12)15(18)20)16(21)22-10(2)9-17/h5-6,8,10H,3-4,7H2,1-2H3/t10-/m1/s1. The highest BCUT2D eigenvalue weighted by molar-refractivity contribution is 6.21. The molecule has 1 aliphatic rings. The van der Waals surface area contributed by atoms with Gasteiger partial charge < -0.3 is 4.74 Å². The lowest BCUT2D eigenvalue weighted by Gasteiger charge is -2.12. The molecule has 1 heterocycles. The third-order valence-electron chi connectivity index (χ3n) is 3.41. The fraction of sp³-hybridized carbons (Fsp3) is 0.375. The summed E-state index contributed by atoms with van der Waals surface area (Å²) in [5.41, 5.74) is 0.658. The van der Waals surface area contributed by atoms with Crippen LogP contribution in [0.3, 0.4) is 0 Å². The van der Waals surface area contributed by atoms with Crippen LogP contribution >= 0.6 is 0 Å². The van der Waals surface area contributed by atoms with Crippen LogP contribution in [0.2, 0.25) is 0 Å². The zero-order chi connectivity index (χ0) is 16.3. The van der Waals surface area contributed by atoms with Crippen molar-refractivity contribution in [2.45, 2.75) is 32.8 Å². The lowest BCUT2D eigenvalue weighted by molar-refractivity contribution is 0.0435. The topological polar surface area (TPSA) is 87.5 Å². The number of hydrogen-bond acceptors (Lipinski definition) is 5. The monoisotopic (exact) mass is 300 g/mol. The van der Waals surface area contributed by atoms with Crippen LogP contribution in [-0.2, 0) is 4.74 Å². The number of esters is 1. The molecule has 6 nitrogen and oxygen atoms in total. The second kappa shape index (κ2) is 6.39. The molecule has 2 amide bonds. The SMILES string of the molecule is CCCCN1C(=O)c2ccc(C(=O)O[C@H](C)C#N)cc2C1=O. The summed E-state index contributed by atoms with van der Waals surface area (Å²) in [6.45, 7) is 3.79. The number of carbonyl (C=O) groups excluding carboxylic acids is 3. The molecule has 0 saturated heterocycles. The Bertz CT molecular complexity index is 675. The molecule has 1 aromatic rings. The normalized spacial score (nSPS) is 14.5. The van der Waals surface area contributed by atoms with E-state index >= 15 is 0 Å². The quantitative estimate of drug-likeness (QED) is 0.614. The van der Waals surface area contributed by atoms with Crippen molar-refractivity contribution in [2.24, 2.45) is 0 Å². The van der Waals surface area contributed by atoms with Crippen molar-refractivity contribution in [3.63, 3.8) is 0 Å². The molecule has 0 aliphatic carbocycles. The molecule has 1 atom stereocenters. The molecule has 6 heteroatoms. The van der Waals surface area contributed by atoms with Crippen molar-refractivity contribution in [1.29, 1.82) is 5.26 Å². The predicted octanol–water partition coefficient (Wildman–Crippen LogP) is 2.15. The number of fused-ring (bicyclic) bond motifs is 1. The minimum Gasteiger partial charge on any atom is -0.444 e. The Balaban J connectivity index is 2.25. The Hall–Kier alpha value is -2.68. The number of nitriles is 1. The number of unbranched alkanes of at least 4 members (excludes halogenated alkanes) is 1. The molecule has 22 heavy (non-hydrogen) atoms. The van der Waals surface area contributed by atoms with Crippen molar-refractivity contribution < 1.29 is 19.1 Å². The number of amides is 2. The molecule has 0 N–H and O–H groups in total. The van der Waals surface area contributed by atoms with Gasteiger partial charge in [-0.1, -0.05) is 13.3 Å². The zero-order valence-corrected chi connectivity index (χ0v) is 12.5. The molecule has 0 unspecified atom stereocenters. The number of carbonyl (C=O) groups is 3. The molecule has 0 spiro atoms. The van der Waals surface area contributed by atoms with E-state index in [-0.39, 0.29) is 17.0 Å². The predicted molar refractivity (Wildman–Crippen MR) is 77.2 cm³/mol. The van der Waals surface area contributed by atoms with E-state index in [2.05, 4.69) is 0 Å². The highest BCUT2D eigenvalue weighted by Gasteiger charge is 2.35. The molecule has 1 aromatic carbocycles. The Labute approximate surface area is 128 Å². The third-order valence-corrected chi connectivity index (χ3v) is 3.41. The lowest BCUT2D eigenvalue weighted by atomic mass is 10.1. The molecule has 2 rings (SSSR count). The minimum absolute atomic E-state index is 0.152. The first-order chi connectivity index (χ1) is 10.5. The van der Waals surface area contributed by atoms with Gasteiger partial charge in [0.2, 0.25) is 0 Å². The van der Waals surface area contributed by atoms with Gasteiger partial charge in [-0.15, -0.1) is 0 Å². The summed E-state index contributed by atoms with van der Waals surface area (Å²) in [5.74, 6) is -1.42. The number of nitrogens with zero attached hydrogens (tertiary/aromatic N) is 2. The van der Waals surface area contributed by atoms with E-state index in [0.29, 0.717) is 12.1 Å². The van der Waals surface area contributed by atoms with Crippen LogP contribution in [0.15, 0.2) is 18.2 Å². The molecule has 114 valence electrons. The van der Waals surface area contributed by atoms with E-state index in [1.54, 1.807) is 6.07 Å². The summed E-state index contributed by atoms with van der Waals surface area (Å²) in [7, 11) is 0. The van der Waals surface area contributed by atoms with Gasteiger partial charge in [-0.05, 0) is 31.5 Å². The Morgan fingerprint density at radius 2 is 2.00 bits per heavy atom. The molecule has 0 saturated carbocycles. The highest BCUT2D eigenvalue weighted by Crippen LogP contribution is 2.24. The van der Waals surface area contributed by atoms with Crippen molar-refractivity contribution in [3.05, 3.63) is 34.9 Å². The first-order valence-corrected chi connectivity index (χ1v) is 7.10. The number of ether oxygens (including phenoxy) is 1. The van der Waals surface area contributed by atoms with E-state index < -0.39 is 18.0 Å². The smallest absolute Gasteiger partial charge is 0.339 e. The maximum Gasteiger partial charge on any atom is 0.339 e. The number of hydrogen-bond donors (Lipinski definition) is 0. The Morgan fingerprint density at radius 3 is 2.64 bits per heavy atom. The summed E-state index contributed by atoms with van der Waals surface area (Å²) >= 11 is 0. The molecule has 1 aliphatic heterocycles. The van der Waals surface area contributed by atoms with Crippen LogP contribution in [0.1, 0.15) is 57.8 Å². The maximum atomic E-state index is 12.3. The van der Waals surface area contributed by atoms with E-state index in [0.717, 1.165) is 12.8 Å². The van der Waals surface area contributed by atoms with Crippen molar-refractivity contribution in [3.8, 4) is 6.07 Å². The summed E-state index contributed by atoms with van der Waals surface area (Å²) in [4.78, 5) is 37.5. The van der Waals surface area contributed by atoms with Crippen LogP contribution < -0.4 is 0 Å². The second-order valence-electron chi connectivity index (χ2n) is 5.05. The summed E-state index contributed by atoms with van der Waals surface area (Å²) < 4.78 is 4.89. The van der Waals surface area contributed by atoms with Gasteiger partial charge in [-0.3, -0.25) is 14.5 Å². The van der Waals surface area contributed by atoms with Gasteiger partial charge in [0.1, 0.15) is 6.07 Å². The highest BCUT2D eigenvalue weighted by atomic mass is 16.5. The van der Waals surface area contributed by atoms with Gasteiger partial charge >= 0.3 is 5.97 Å². The third kappa shape index (κ3) is 2.84. The lowest BCUT2D eigenvalue weighted by Crippen LogP contribution is -2.30. The number of benzene rings is 1. The molecule has 0 aromatic heterocycles. The van der Waals surface area contributed by atoms with E-state index in [4.69, 9.17) is 10.00 Å². The van der Waals surface area contributed by atoms with Crippen LogP contribution in [-0.4, -0.2) is 35.3 Å². The molecule has 0 radical (unpaired) electrons. The Kier molecular flexibility index (Phi) is 4.56. The number of imide groups is 1. The number of rotatable bonds is 5. The molecular weight excluding hydrogens is 284 g/mol. The average molecular weight is 300 g/mol. The summed E-state index contributed by atoms with van der Waals surface area (Å²) in [5, 5.41) is 8.65. The van der Waals surface area contributed by atoms with Crippen molar-refractivity contribution >= 4 is 17.8 Å². The Morgan fingerprint density at radius 1 is 1.32 bits per heavy atom. The van der Waals surface area contributed by atoms with Crippen molar-refractivity contribution in [1.82, 2.24) is 4.90 Å². The maximum absolute atomic E-state index is 12.3. The van der Waals surface area contributed by atoms with E-state index in [1.165, 1.54) is 30.0 Å². The molecule has 0 bridgehead atoms. The van der Waals surface area contributed by atoms with Crippen LogP contribution in [0.5, 0.6) is 0 Å². The van der Waals surface area contributed by atoms with Crippen LogP contribution in [0, 0.1) is 11.3 Å². The fourth-order valence-electron chi connectivity index (χ4n) is 2.19. The average Bonchev–Trinajstić information content (AvgIpc) is 2.76. The van der Waals surface area contributed by atoms with E-state index in [1.807, 2.05) is 6.92 Å². The van der Waals surface area contributed by atoms with Gasteiger partial charge in [0.15, 0.2) is 6.10 Å². The zero-order valence-electron chi connectivity index (χ0n) is 12.5. The van der Waals surface area contributed by atoms with Gasteiger partial charge in [0.05, 0.1) is 16.7 Å². The van der Waals surface area contributed by atoms with Gasteiger partial charge in [0.25, 0.3) is 11.8 Å². The fourth-order valence-corrected chi connectivity index (χ4v) is 2.19. The van der Waals surface area contributed by atoms with E-state index in [9.17, 15) is 14.4 Å². The van der Waals surface area contributed by atoms with Crippen molar-refractivity contribution in [2.75, 3.05) is 6.54 Å². The molecular formula is C16H16N2O4. The minimum atomic E-state index is -0.876. The first-order valence-electron chi connectivity index (χ1n) is 7.10. The summed E-state index contributed by atoms with van der Waals surface area (Å²) in [6, 6.07) is 6.03. The summed E-state index contributed by atoms with van der Waals surface area (Å²) in [6.07, 6.45) is 0.732. The first kappa shape index (κ1) is 15.7. The van der Waals surface area contributed by atoms with Gasteiger partial charge in [-0.2, -0.15) is 5.26 Å². The molecule has 0 fully saturated rings. The van der Waals surface area contributed by atoms with Crippen LogP contribution in [0.25, 0.3) is 0 Å². The largest absolute Gasteiger partial charge is 0.444 e. The van der Waals surface area contributed by atoms with Gasteiger partial charge in [0, 0.05) is 6.54 Å².